The van der Waals surface area contributed by atoms with Crippen molar-refractivity contribution in [3.8, 4) is 0 Å². The fourth-order valence-corrected chi connectivity index (χ4v) is 7.51. The zero-order valence-electron chi connectivity index (χ0n) is 13.1. The van der Waals surface area contributed by atoms with Gasteiger partial charge in [0.05, 0.1) is 0 Å². The van der Waals surface area contributed by atoms with Gasteiger partial charge in [-0.05, 0) is 30.6 Å². The molecule has 1 aliphatic rings. The Morgan fingerprint density at radius 1 is 0.810 bits per heavy atom. The summed E-state index contributed by atoms with van der Waals surface area (Å²) in [6.07, 6.45) is 5.71. The number of hydrogen-bond acceptors (Lipinski definition) is 0. The number of allylic oxidation sites excluding steroid dienone is 4. The summed E-state index contributed by atoms with van der Waals surface area (Å²) in [5.74, 6) is 0. The maximum Gasteiger partial charge on any atom is 0.141 e. The minimum Gasteiger partial charge on any atom is -0.0806 e. The molecule has 0 aromatic heterocycles. The molecule has 2 aromatic rings. The third-order valence-corrected chi connectivity index (χ3v) is 9.53. The Morgan fingerprint density at radius 3 is 2.00 bits per heavy atom. The summed E-state index contributed by atoms with van der Waals surface area (Å²) in [5.41, 5.74) is 2.80. The largest absolute Gasteiger partial charge is 0.141 e. The van der Waals surface area contributed by atoms with E-state index in [0.717, 1.165) is 6.42 Å². The molecule has 0 nitrogen and oxygen atoms in total. The summed E-state index contributed by atoms with van der Waals surface area (Å²) < 4.78 is 0. The predicted molar refractivity (Wildman–Crippen MR) is 95.0 cm³/mol. The Morgan fingerprint density at radius 2 is 1.43 bits per heavy atom. The number of aryl methyl sites for hydroxylation is 1. The molecule has 3 rings (SSSR count). The van der Waals surface area contributed by atoms with Crippen LogP contribution in [0.4, 0.5) is 0 Å². The fraction of sp³-hybridized carbons (Fsp3) is 0.200. The average Bonchev–Trinajstić information content (AvgIpc) is 2.95. The van der Waals surface area contributed by atoms with Gasteiger partial charge in [0.15, 0.2) is 0 Å². The molecular weight excluding hydrogens is 268 g/mol. The molecule has 0 N–H and O–H groups in total. The molecule has 1 heteroatoms. The van der Waals surface area contributed by atoms with Crippen molar-refractivity contribution in [3.05, 3.63) is 83.1 Å². The number of rotatable bonds is 3. The van der Waals surface area contributed by atoms with Gasteiger partial charge in [-0.1, -0.05) is 89.6 Å². The van der Waals surface area contributed by atoms with Crippen LogP contribution in [-0.4, -0.2) is 8.07 Å². The van der Waals surface area contributed by atoms with Gasteiger partial charge in [-0.3, -0.25) is 0 Å². The van der Waals surface area contributed by atoms with Gasteiger partial charge in [0.25, 0.3) is 0 Å². The van der Waals surface area contributed by atoms with Crippen LogP contribution in [0.5, 0.6) is 0 Å². The standard InChI is InChI=1S/C20H22Si/c1-16-12-14-19(15-13-16)21(3,18-9-5-4-6-10-18)20-11-7-8-17(20)2/h4-10,12-15H,11H2,1-3H3. The van der Waals surface area contributed by atoms with E-state index in [4.69, 9.17) is 0 Å². The van der Waals surface area contributed by atoms with Crippen LogP contribution in [-0.2, 0) is 0 Å². The SMILES string of the molecule is CC1=C([Si](C)(c2ccccc2)c2ccc(C)cc2)CC=C1. The molecule has 0 radical (unpaired) electrons. The van der Waals surface area contributed by atoms with Crippen LogP contribution >= 0.6 is 0 Å². The second-order valence-electron chi connectivity index (χ2n) is 6.13. The molecule has 21 heavy (non-hydrogen) atoms. The van der Waals surface area contributed by atoms with Crippen LogP contribution in [0, 0.1) is 6.92 Å². The average molecular weight is 290 g/mol. The van der Waals surface area contributed by atoms with Crippen molar-refractivity contribution in [2.75, 3.05) is 0 Å². The summed E-state index contributed by atoms with van der Waals surface area (Å²) in [5, 5.41) is 4.67. The Balaban J connectivity index is 2.21. The van der Waals surface area contributed by atoms with Gasteiger partial charge in [0.1, 0.15) is 8.07 Å². The van der Waals surface area contributed by atoms with Gasteiger partial charge in [-0.15, -0.1) is 0 Å². The molecule has 0 fully saturated rings. The molecule has 2 aromatic carbocycles. The second kappa shape index (κ2) is 5.49. The van der Waals surface area contributed by atoms with Gasteiger partial charge in [0.2, 0.25) is 0 Å². The van der Waals surface area contributed by atoms with Gasteiger partial charge in [-0.25, -0.2) is 0 Å². The Labute approximate surface area is 128 Å². The summed E-state index contributed by atoms with van der Waals surface area (Å²) in [7, 11) is -1.84. The molecule has 0 spiro atoms. The third kappa shape index (κ3) is 2.42. The summed E-state index contributed by atoms with van der Waals surface area (Å²) in [6.45, 7) is 6.92. The van der Waals surface area contributed by atoms with E-state index in [1.807, 2.05) is 0 Å². The lowest BCUT2D eigenvalue weighted by atomic mass is 10.2. The fourth-order valence-electron chi connectivity index (χ4n) is 3.39. The quantitative estimate of drug-likeness (QED) is 0.750. The summed E-state index contributed by atoms with van der Waals surface area (Å²) in [4.78, 5) is 0. The van der Waals surface area contributed by atoms with Crippen LogP contribution < -0.4 is 10.4 Å². The molecule has 0 aliphatic heterocycles. The lowest BCUT2D eigenvalue weighted by Gasteiger charge is -2.31. The first kappa shape index (κ1) is 14.1. The molecule has 0 heterocycles. The van der Waals surface area contributed by atoms with Gasteiger partial charge >= 0.3 is 0 Å². The second-order valence-corrected chi connectivity index (χ2v) is 10.1. The van der Waals surface area contributed by atoms with Crippen molar-refractivity contribution in [3.63, 3.8) is 0 Å². The molecule has 0 saturated heterocycles. The van der Waals surface area contributed by atoms with E-state index in [-0.39, 0.29) is 0 Å². The lowest BCUT2D eigenvalue weighted by Crippen LogP contribution is -2.57. The summed E-state index contributed by atoms with van der Waals surface area (Å²) >= 11 is 0. The van der Waals surface area contributed by atoms with Crippen molar-refractivity contribution in [2.24, 2.45) is 0 Å². The Hall–Kier alpha value is -1.86. The molecule has 0 saturated carbocycles. The van der Waals surface area contributed by atoms with E-state index in [1.54, 1.807) is 5.20 Å². The minimum absolute atomic E-state index is 1.11. The Kier molecular flexibility index (Phi) is 3.69. The highest BCUT2D eigenvalue weighted by atomic mass is 28.3. The first-order chi connectivity index (χ1) is 10.1. The minimum atomic E-state index is -1.84. The van der Waals surface area contributed by atoms with Gasteiger partial charge in [-0.2, -0.15) is 0 Å². The molecule has 1 unspecified atom stereocenters. The maximum atomic E-state index is 2.50. The van der Waals surface area contributed by atoms with Crippen LogP contribution in [0.3, 0.4) is 0 Å². The first-order valence-electron chi connectivity index (χ1n) is 7.62. The van der Waals surface area contributed by atoms with E-state index in [1.165, 1.54) is 21.5 Å². The topological polar surface area (TPSA) is 0 Å². The Bertz CT molecular complexity index is 692. The van der Waals surface area contributed by atoms with E-state index in [9.17, 15) is 0 Å². The van der Waals surface area contributed by atoms with Crippen molar-refractivity contribution < 1.29 is 0 Å². The zero-order chi connectivity index (χ0) is 14.9. The van der Waals surface area contributed by atoms with E-state index >= 15 is 0 Å². The number of benzene rings is 2. The molecular formula is C20H22Si. The molecule has 106 valence electrons. The van der Waals surface area contributed by atoms with Crippen molar-refractivity contribution in [2.45, 2.75) is 26.8 Å². The predicted octanol–water partition coefficient (Wildman–Crippen LogP) is 4.00. The van der Waals surface area contributed by atoms with Crippen molar-refractivity contribution >= 4 is 18.4 Å². The van der Waals surface area contributed by atoms with Crippen molar-refractivity contribution in [1.82, 2.24) is 0 Å². The lowest BCUT2D eigenvalue weighted by molar-refractivity contribution is 1.33. The zero-order valence-corrected chi connectivity index (χ0v) is 14.1. The van der Waals surface area contributed by atoms with E-state index in [2.05, 4.69) is 87.1 Å². The van der Waals surface area contributed by atoms with Gasteiger partial charge in [0, 0.05) is 0 Å². The van der Waals surface area contributed by atoms with Crippen LogP contribution in [0.25, 0.3) is 0 Å². The van der Waals surface area contributed by atoms with Crippen LogP contribution in [0.1, 0.15) is 18.9 Å². The third-order valence-electron chi connectivity index (χ3n) is 4.75. The van der Waals surface area contributed by atoms with Crippen LogP contribution in [0.2, 0.25) is 6.55 Å². The smallest absolute Gasteiger partial charge is 0.0806 e. The molecule has 1 aliphatic carbocycles. The van der Waals surface area contributed by atoms with E-state index in [0.29, 0.717) is 0 Å². The highest BCUT2D eigenvalue weighted by Crippen LogP contribution is 2.28. The monoisotopic (exact) mass is 290 g/mol. The highest BCUT2D eigenvalue weighted by molar-refractivity contribution is 7.06. The molecule has 0 amide bonds. The normalized spacial score (nSPS) is 17.1. The van der Waals surface area contributed by atoms with Gasteiger partial charge < -0.3 is 0 Å². The van der Waals surface area contributed by atoms with Crippen molar-refractivity contribution in [1.29, 1.82) is 0 Å². The molecule has 0 bridgehead atoms. The number of hydrogen-bond donors (Lipinski definition) is 0. The summed E-state index contributed by atoms with van der Waals surface area (Å²) in [6, 6.07) is 20.3. The first-order valence-corrected chi connectivity index (χ1v) is 10.1. The molecule has 1 atom stereocenters. The van der Waals surface area contributed by atoms with E-state index < -0.39 is 8.07 Å². The van der Waals surface area contributed by atoms with Crippen LogP contribution in [0.15, 0.2) is 77.5 Å². The maximum absolute atomic E-state index is 2.50. The highest BCUT2D eigenvalue weighted by Gasteiger charge is 2.37.